The molecular formula is C22H19NO3S. The zero-order chi connectivity index (χ0) is 18.8. The quantitative estimate of drug-likeness (QED) is 0.639. The number of amides is 1. The van der Waals surface area contributed by atoms with Gasteiger partial charge in [-0.3, -0.25) is 9.59 Å². The van der Waals surface area contributed by atoms with E-state index in [4.69, 9.17) is 0 Å². The summed E-state index contributed by atoms with van der Waals surface area (Å²) >= 11 is 1.58. The highest BCUT2D eigenvalue weighted by Crippen LogP contribution is 2.28. The SMILES string of the molecule is O=C(Cc1csc2ccccc12)C1=C(O)C(CCc2ccccc2)NC1=O. The van der Waals surface area contributed by atoms with E-state index < -0.39 is 11.9 Å². The molecule has 2 N–H and O–H groups in total. The Kier molecular flexibility index (Phi) is 4.77. The summed E-state index contributed by atoms with van der Waals surface area (Å²) in [5, 5.41) is 16.2. The third kappa shape index (κ3) is 3.51. The van der Waals surface area contributed by atoms with Crippen LogP contribution in [-0.2, 0) is 22.4 Å². The lowest BCUT2D eigenvalue weighted by Gasteiger charge is -2.10. The minimum Gasteiger partial charge on any atom is -0.509 e. The lowest BCUT2D eigenvalue weighted by molar-refractivity contribution is -0.121. The van der Waals surface area contributed by atoms with Gasteiger partial charge in [-0.2, -0.15) is 0 Å². The number of hydrogen-bond donors (Lipinski definition) is 2. The largest absolute Gasteiger partial charge is 0.509 e. The van der Waals surface area contributed by atoms with Crippen molar-refractivity contribution in [3.8, 4) is 0 Å². The maximum atomic E-state index is 12.7. The van der Waals surface area contributed by atoms with E-state index >= 15 is 0 Å². The van der Waals surface area contributed by atoms with Crippen LogP contribution in [0.5, 0.6) is 0 Å². The zero-order valence-electron chi connectivity index (χ0n) is 14.6. The van der Waals surface area contributed by atoms with Crippen LogP contribution in [-0.4, -0.2) is 22.8 Å². The Hall–Kier alpha value is -2.92. The lowest BCUT2D eigenvalue weighted by Crippen LogP contribution is -2.30. The highest BCUT2D eigenvalue weighted by molar-refractivity contribution is 7.17. The Morgan fingerprint density at radius 3 is 2.63 bits per heavy atom. The molecule has 1 unspecified atom stereocenters. The molecule has 4 rings (SSSR count). The van der Waals surface area contributed by atoms with Gasteiger partial charge >= 0.3 is 0 Å². The number of aryl methyl sites for hydroxylation is 1. The predicted molar refractivity (Wildman–Crippen MR) is 107 cm³/mol. The fourth-order valence-corrected chi connectivity index (χ4v) is 4.42. The molecule has 27 heavy (non-hydrogen) atoms. The molecule has 1 aliphatic heterocycles. The molecule has 1 aliphatic rings. The van der Waals surface area contributed by atoms with E-state index in [0.29, 0.717) is 12.8 Å². The standard InChI is InChI=1S/C22H19NO3S/c24-18(12-15-13-27-19-9-5-4-8-16(15)19)20-21(25)17(23-22(20)26)11-10-14-6-2-1-3-7-14/h1-9,13,17,25H,10-12H2,(H,23,26). The molecule has 0 saturated carbocycles. The van der Waals surface area contributed by atoms with Crippen molar-refractivity contribution in [2.75, 3.05) is 0 Å². The average Bonchev–Trinajstić information content (AvgIpc) is 3.21. The van der Waals surface area contributed by atoms with Crippen molar-refractivity contribution in [1.29, 1.82) is 0 Å². The Morgan fingerprint density at radius 1 is 1.07 bits per heavy atom. The number of nitrogens with one attached hydrogen (secondary N) is 1. The second-order valence-electron chi connectivity index (χ2n) is 6.67. The zero-order valence-corrected chi connectivity index (χ0v) is 15.5. The number of carbonyl (C=O) groups excluding carboxylic acids is 2. The van der Waals surface area contributed by atoms with E-state index in [0.717, 1.165) is 21.2 Å². The van der Waals surface area contributed by atoms with Gasteiger partial charge in [0.1, 0.15) is 11.3 Å². The molecule has 1 amide bonds. The number of aliphatic hydroxyl groups excluding tert-OH is 1. The normalized spacial score (nSPS) is 16.7. The summed E-state index contributed by atoms with van der Waals surface area (Å²) < 4.78 is 1.11. The predicted octanol–water partition coefficient (Wildman–Crippen LogP) is 3.96. The lowest BCUT2D eigenvalue weighted by atomic mass is 10.00. The first-order valence-electron chi connectivity index (χ1n) is 8.89. The molecule has 0 aliphatic carbocycles. The van der Waals surface area contributed by atoms with Crippen LogP contribution in [0.4, 0.5) is 0 Å². The molecule has 1 atom stereocenters. The Labute approximate surface area is 161 Å². The van der Waals surface area contributed by atoms with Gasteiger partial charge in [-0.15, -0.1) is 11.3 Å². The van der Waals surface area contributed by atoms with Gasteiger partial charge in [0.05, 0.1) is 6.04 Å². The first kappa shape index (κ1) is 17.5. The Bertz CT molecular complexity index is 1040. The molecule has 0 radical (unpaired) electrons. The smallest absolute Gasteiger partial charge is 0.259 e. The number of fused-ring (bicyclic) bond motifs is 1. The van der Waals surface area contributed by atoms with E-state index in [2.05, 4.69) is 5.32 Å². The summed E-state index contributed by atoms with van der Waals surface area (Å²) in [6.45, 7) is 0. The van der Waals surface area contributed by atoms with E-state index in [1.807, 2.05) is 60.0 Å². The summed E-state index contributed by atoms with van der Waals surface area (Å²) in [5.41, 5.74) is 1.92. The molecule has 136 valence electrons. The van der Waals surface area contributed by atoms with Crippen molar-refractivity contribution in [2.24, 2.45) is 0 Å². The van der Waals surface area contributed by atoms with Crippen LogP contribution in [0.3, 0.4) is 0 Å². The third-order valence-corrected chi connectivity index (χ3v) is 5.89. The number of thiophene rings is 1. The van der Waals surface area contributed by atoms with E-state index in [-0.39, 0.29) is 23.5 Å². The van der Waals surface area contributed by atoms with Crippen molar-refractivity contribution < 1.29 is 14.7 Å². The second kappa shape index (κ2) is 7.37. The van der Waals surface area contributed by atoms with Crippen LogP contribution in [0, 0.1) is 0 Å². The first-order valence-corrected chi connectivity index (χ1v) is 9.77. The van der Waals surface area contributed by atoms with Gasteiger partial charge in [0.2, 0.25) is 0 Å². The molecule has 0 saturated heterocycles. The Morgan fingerprint density at radius 2 is 1.81 bits per heavy atom. The maximum Gasteiger partial charge on any atom is 0.259 e. The van der Waals surface area contributed by atoms with E-state index in [1.54, 1.807) is 11.3 Å². The molecule has 2 aromatic carbocycles. The van der Waals surface area contributed by atoms with E-state index in [1.165, 1.54) is 0 Å². The van der Waals surface area contributed by atoms with Crippen LogP contribution in [0.25, 0.3) is 10.1 Å². The van der Waals surface area contributed by atoms with Gasteiger partial charge in [-0.25, -0.2) is 0 Å². The van der Waals surface area contributed by atoms with Crippen LogP contribution in [0.2, 0.25) is 0 Å². The number of rotatable bonds is 6. The van der Waals surface area contributed by atoms with Crippen LogP contribution >= 0.6 is 11.3 Å². The van der Waals surface area contributed by atoms with Crippen LogP contribution < -0.4 is 5.32 Å². The molecule has 3 aromatic rings. The molecule has 0 bridgehead atoms. The Balaban J connectivity index is 1.50. The first-order chi connectivity index (χ1) is 13.1. The van der Waals surface area contributed by atoms with Crippen molar-refractivity contribution in [2.45, 2.75) is 25.3 Å². The summed E-state index contributed by atoms with van der Waals surface area (Å²) in [6.07, 6.45) is 1.38. The summed E-state index contributed by atoms with van der Waals surface area (Å²) in [6, 6.07) is 17.2. The fourth-order valence-electron chi connectivity index (χ4n) is 3.45. The van der Waals surface area contributed by atoms with Crippen LogP contribution in [0.15, 0.2) is 71.3 Å². The molecular weight excluding hydrogens is 358 g/mol. The summed E-state index contributed by atoms with van der Waals surface area (Å²) in [5.74, 6) is -0.939. The third-order valence-electron chi connectivity index (χ3n) is 4.87. The van der Waals surface area contributed by atoms with Gasteiger partial charge in [-0.1, -0.05) is 48.5 Å². The van der Waals surface area contributed by atoms with Gasteiger partial charge in [0, 0.05) is 11.1 Å². The van der Waals surface area contributed by atoms with Crippen molar-refractivity contribution >= 4 is 33.1 Å². The van der Waals surface area contributed by atoms with Crippen molar-refractivity contribution in [1.82, 2.24) is 5.32 Å². The topological polar surface area (TPSA) is 66.4 Å². The summed E-state index contributed by atoms with van der Waals surface area (Å²) in [4.78, 5) is 25.0. The maximum absolute atomic E-state index is 12.7. The monoisotopic (exact) mass is 377 g/mol. The number of aliphatic hydroxyl groups is 1. The molecule has 0 fully saturated rings. The van der Waals surface area contributed by atoms with Gasteiger partial charge in [-0.05, 0) is 40.8 Å². The van der Waals surface area contributed by atoms with Gasteiger partial charge in [0.15, 0.2) is 5.78 Å². The minimum absolute atomic E-state index is 0.0941. The van der Waals surface area contributed by atoms with Crippen LogP contribution in [0.1, 0.15) is 17.5 Å². The molecule has 1 aromatic heterocycles. The van der Waals surface area contributed by atoms with Crippen molar-refractivity contribution in [3.63, 3.8) is 0 Å². The van der Waals surface area contributed by atoms with Gasteiger partial charge < -0.3 is 10.4 Å². The molecule has 2 heterocycles. The van der Waals surface area contributed by atoms with Crippen molar-refractivity contribution in [3.05, 3.63) is 82.4 Å². The molecule has 4 nitrogen and oxygen atoms in total. The number of hydrogen-bond acceptors (Lipinski definition) is 4. The number of benzene rings is 2. The number of Topliss-reactive ketones (excluding diaryl/α,β-unsaturated/α-hetero) is 1. The second-order valence-corrected chi connectivity index (χ2v) is 7.58. The fraction of sp³-hybridized carbons (Fsp3) is 0.182. The molecule has 5 heteroatoms. The van der Waals surface area contributed by atoms with E-state index in [9.17, 15) is 14.7 Å². The summed E-state index contributed by atoms with van der Waals surface area (Å²) in [7, 11) is 0. The number of ketones is 1. The molecule has 0 spiro atoms. The highest BCUT2D eigenvalue weighted by Gasteiger charge is 2.35. The average molecular weight is 377 g/mol. The minimum atomic E-state index is -0.504. The number of carbonyl (C=O) groups is 2. The van der Waals surface area contributed by atoms with Gasteiger partial charge in [0.25, 0.3) is 5.91 Å². The highest BCUT2D eigenvalue weighted by atomic mass is 32.1.